The maximum absolute atomic E-state index is 11.9. The molecule has 0 spiro atoms. The van der Waals surface area contributed by atoms with Gasteiger partial charge in [-0.25, -0.2) is 0 Å². The number of rotatable bonds is 4. The van der Waals surface area contributed by atoms with Crippen molar-refractivity contribution >= 4 is 28.8 Å². The summed E-state index contributed by atoms with van der Waals surface area (Å²) in [5.74, 6) is -0.587. The number of amides is 2. The van der Waals surface area contributed by atoms with E-state index in [0.717, 1.165) is 25.9 Å². The predicted octanol–water partition coefficient (Wildman–Crippen LogP) is 1.27. The fourth-order valence-corrected chi connectivity index (χ4v) is 2.81. The maximum Gasteiger partial charge on any atom is 0.260 e. The molecule has 2 amide bonds. The van der Waals surface area contributed by atoms with Crippen LogP contribution in [0, 0.1) is 0 Å². The lowest BCUT2D eigenvalue weighted by Crippen LogP contribution is -2.37. The number of hydrogen-bond acceptors (Lipinski definition) is 4. The van der Waals surface area contributed by atoms with E-state index in [4.69, 9.17) is 5.73 Å². The summed E-state index contributed by atoms with van der Waals surface area (Å²) in [5, 5.41) is 4.49. The van der Waals surface area contributed by atoms with Crippen LogP contribution in [0.2, 0.25) is 0 Å². The fourth-order valence-electron chi connectivity index (χ4n) is 2.11. The average Bonchev–Trinajstić information content (AvgIpc) is 2.78. The van der Waals surface area contributed by atoms with E-state index in [1.807, 2.05) is 0 Å². The van der Waals surface area contributed by atoms with Crippen LogP contribution in [0.1, 0.15) is 28.9 Å². The predicted molar refractivity (Wildman–Crippen MR) is 71.8 cm³/mol. The maximum atomic E-state index is 11.9. The molecule has 6 heteroatoms. The standard InChI is InChI=1S/C12H17N3O2S/c13-12(17)11-9(4-7-18-11)14-10(16)8-15-5-2-1-3-6-15/h4,7H,1-3,5-6,8H2,(H2,13,17)(H,14,16). The van der Waals surface area contributed by atoms with Gasteiger partial charge >= 0.3 is 0 Å². The van der Waals surface area contributed by atoms with Crippen molar-refractivity contribution in [3.05, 3.63) is 16.3 Å². The highest BCUT2D eigenvalue weighted by molar-refractivity contribution is 7.12. The van der Waals surface area contributed by atoms with E-state index in [1.54, 1.807) is 11.4 Å². The van der Waals surface area contributed by atoms with Crippen molar-refractivity contribution in [2.75, 3.05) is 25.0 Å². The summed E-state index contributed by atoms with van der Waals surface area (Å²) in [6.45, 7) is 2.33. The molecule has 2 heterocycles. The van der Waals surface area contributed by atoms with Crippen LogP contribution >= 0.6 is 11.3 Å². The van der Waals surface area contributed by atoms with E-state index in [0.29, 0.717) is 17.1 Å². The molecule has 1 aromatic heterocycles. The van der Waals surface area contributed by atoms with E-state index in [9.17, 15) is 9.59 Å². The molecule has 0 radical (unpaired) electrons. The molecular weight excluding hydrogens is 250 g/mol. The van der Waals surface area contributed by atoms with E-state index in [-0.39, 0.29) is 5.91 Å². The van der Waals surface area contributed by atoms with Gasteiger partial charge in [-0.05, 0) is 37.4 Å². The minimum Gasteiger partial charge on any atom is -0.365 e. The van der Waals surface area contributed by atoms with Gasteiger partial charge in [0.05, 0.1) is 12.2 Å². The Morgan fingerprint density at radius 3 is 2.72 bits per heavy atom. The Balaban J connectivity index is 1.90. The number of thiophene rings is 1. The van der Waals surface area contributed by atoms with E-state index in [2.05, 4.69) is 10.2 Å². The molecule has 1 aliphatic rings. The number of primary amides is 1. The number of likely N-dealkylation sites (tertiary alicyclic amines) is 1. The number of nitrogens with zero attached hydrogens (tertiary/aromatic N) is 1. The highest BCUT2D eigenvalue weighted by Crippen LogP contribution is 2.21. The van der Waals surface area contributed by atoms with Gasteiger partial charge in [0.2, 0.25) is 5.91 Å². The van der Waals surface area contributed by atoms with Gasteiger partial charge in [0.25, 0.3) is 5.91 Å². The smallest absolute Gasteiger partial charge is 0.260 e. The van der Waals surface area contributed by atoms with Gasteiger partial charge < -0.3 is 11.1 Å². The highest BCUT2D eigenvalue weighted by atomic mass is 32.1. The summed E-state index contributed by atoms with van der Waals surface area (Å²) >= 11 is 1.24. The van der Waals surface area contributed by atoms with Crippen LogP contribution in [-0.4, -0.2) is 36.3 Å². The van der Waals surface area contributed by atoms with Crippen LogP contribution in [-0.2, 0) is 4.79 Å². The van der Waals surface area contributed by atoms with Crippen molar-refractivity contribution in [3.63, 3.8) is 0 Å². The molecule has 2 rings (SSSR count). The Hall–Kier alpha value is -1.40. The third kappa shape index (κ3) is 3.30. The Morgan fingerprint density at radius 1 is 1.33 bits per heavy atom. The summed E-state index contributed by atoms with van der Waals surface area (Å²) < 4.78 is 0. The number of carbonyl (C=O) groups excluding carboxylic acids is 2. The first kappa shape index (κ1) is 13.0. The van der Waals surface area contributed by atoms with Crippen molar-refractivity contribution in [2.24, 2.45) is 5.73 Å². The van der Waals surface area contributed by atoms with Crippen LogP contribution in [0.15, 0.2) is 11.4 Å². The average molecular weight is 267 g/mol. The SMILES string of the molecule is NC(=O)c1sccc1NC(=O)CN1CCCCC1. The number of hydrogen-bond donors (Lipinski definition) is 2. The highest BCUT2D eigenvalue weighted by Gasteiger charge is 2.16. The van der Waals surface area contributed by atoms with E-state index >= 15 is 0 Å². The van der Waals surface area contributed by atoms with Crippen LogP contribution < -0.4 is 11.1 Å². The molecule has 0 unspecified atom stereocenters. The first-order valence-electron chi connectivity index (χ1n) is 6.06. The molecule has 1 saturated heterocycles. The van der Waals surface area contributed by atoms with Crippen molar-refractivity contribution in [2.45, 2.75) is 19.3 Å². The quantitative estimate of drug-likeness (QED) is 0.862. The molecule has 3 N–H and O–H groups in total. The molecule has 1 fully saturated rings. The Kier molecular flexibility index (Phi) is 4.33. The number of piperidine rings is 1. The second kappa shape index (κ2) is 5.97. The molecule has 1 aromatic rings. The van der Waals surface area contributed by atoms with Gasteiger partial charge in [-0.3, -0.25) is 14.5 Å². The first-order valence-corrected chi connectivity index (χ1v) is 6.94. The monoisotopic (exact) mass is 267 g/mol. The van der Waals surface area contributed by atoms with Crippen LogP contribution in [0.25, 0.3) is 0 Å². The minimum absolute atomic E-state index is 0.0854. The molecule has 0 bridgehead atoms. The molecular formula is C12H17N3O2S. The second-order valence-electron chi connectivity index (χ2n) is 4.41. The molecule has 5 nitrogen and oxygen atoms in total. The van der Waals surface area contributed by atoms with Gasteiger partial charge in [-0.1, -0.05) is 6.42 Å². The van der Waals surface area contributed by atoms with Crippen molar-refractivity contribution in [3.8, 4) is 0 Å². The van der Waals surface area contributed by atoms with Crippen LogP contribution in [0.3, 0.4) is 0 Å². The van der Waals surface area contributed by atoms with E-state index < -0.39 is 5.91 Å². The lowest BCUT2D eigenvalue weighted by atomic mass is 10.1. The van der Waals surface area contributed by atoms with Crippen molar-refractivity contribution in [1.82, 2.24) is 4.90 Å². The van der Waals surface area contributed by atoms with Gasteiger partial charge in [0.15, 0.2) is 0 Å². The van der Waals surface area contributed by atoms with Gasteiger partial charge in [0.1, 0.15) is 4.88 Å². The molecule has 0 aliphatic carbocycles. The summed E-state index contributed by atoms with van der Waals surface area (Å²) in [5.41, 5.74) is 5.75. The molecule has 1 aliphatic heterocycles. The zero-order valence-electron chi connectivity index (χ0n) is 10.1. The fraction of sp³-hybridized carbons (Fsp3) is 0.500. The Labute approximate surface area is 110 Å². The topological polar surface area (TPSA) is 75.4 Å². The Bertz CT molecular complexity index is 438. The molecule has 0 atom stereocenters. The molecule has 0 saturated carbocycles. The largest absolute Gasteiger partial charge is 0.365 e. The van der Waals surface area contributed by atoms with Crippen molar-refractivity contribution in [1.29, 1.82) is 0 Å². The van der Waals surface area contributed by atoms with E-state index in [1.165, 1.54) is 17.8 Å². The first-order chi connectivity index (χ1) is 8.66. The summed E-state index contributed by atoms with van der Waals surface area (Å²) in [6.07, 6.45) is 3.55. The zero-order valence-corrected chi connectivity index (χ0v) is 11.0. The van der Waals surface area contributed by atoms with Crippen LogP contribution in [0.4, 0.5) is 5.69 Å². The Morgan fingerprint density at radius 2 is 2.06 bits per heavy atom. The van der Waals surface area contributed by atoms with Gasteiger partial charge in [0, 0.05) is 0 Å². The van der Waals surface area contributed by atoms with Gasteiger partial charge in [-0.15, -0.1) is 11.3 Å². The number of nitrogens with two attached hydrogens (primary N) is 1. The minimum atomic E-state index is -0.502. The van der Waals surface area contributed by atoms with Crippen LogP contribution in [0.5, 0.6) is 0 Å². The lowest BCUT2D eigenvalue weighted by Gasteiger charge is -2.25. The third-order valence-corrected chi connectivity index (χ3v) is 3.91. The molecule has 0 aromatic carbocycles. The van der Waals surface area contributed by atoms with Gasteiger partial charge in [-0.2, -0.15) is 0 Å². The summed E-state index contributed by atoms with van der Waals surface area (Å²) in [7, 11) is 0. The summed E-state index contributed by atoms with van der Waals surface area (Å²) in [6, 6.07) is 1.71. The lowest BCUT2D eigenvalue weighted by molar-refractivity contribution is -0.117. The molecule has 18 heavy (non-hydrogen) atoms. The second-order valence-corrected chi connectivity index (χ2v) is 5.33. The third-order valence-electron chi connectivity index (χ3n) is 2.98. The summed E-state index contributed by atoms with van der Waals surface area (Å²) in [4.78, 5) is 25.5. The molecule has 98 valence electrons. The number of carbonyl (C=O) groups is 2. The number of nitrogens with one attached hydrogen (secondary N) is 1. The normalized spacial score (nSPS) is 16.4. The number of anilines is 1. The zero-order chi connectivity index (χ0) is 13.0. The van der Waals surface area contributed by atoms with Crippen molar-refractivity contribution < 1.29 is 9.59 Å².